The lowest BCUT2D eigenvalue weighted by molar-refractivity contribution is -0.143. The third-order valence-electron chi connectivity index (χ3n) is 2.90. The Labute approximate surface area is 127 Å². The molecule has 0 saturated heterocycles. The Kier molecular flexibility index (Phi) is 6.36. The van der Waals surface area contributed by atoms with Gasteiger partial charge in [0.1, 0.15) is 6.04 Å². The number of carboxylic acids is 1. The van der Waals surface area contributed by atoms with E-state index in [4.69, 9.17) is 5.11 Å². The predicted molar refractivity (Wildman–Crippen MR) is 79.9 cm³/mol. The first kappa shape index (κ1) is 17.2. The van der Waals surface area contributed by atoms with Crippen LogP contribution in [0.5, 0.6) is 0 Å². The highest BCUT2D eigenvalue weighted by molar-refractivity contribution is 7.10. The van der Waals surface area contributed by atoms with Gasteiger partial charge in [0, 0.05) is 11.8 Å². The molecule has 1 aromatic heterocycles. The Balaban J connectivity index is 2.72. The number of carbonyl (C=O) groups is 3. The van der Waals surface area contributed by atoms with Gasteiger partial charge < -0.3 is 15.7 Å². The van der Waals surface area contributed by atoms with Crippen LogP contribution in [0.15, 0.2) is 17.5 Å². The highest BCUT2D eigenvalue weighted by atomic mass is 32.1. The third-order valence-corrected chi connectivity index (χ3v) is 3.89. The Morgan fingerprint density at radius 3 is 2.38 bits per heavy atom. The molecule has 116 valence electrons. The smallest absolute Gasteiger partial charge is 0.326 e. The summed E-state index contributed by atoms with van der Waals surface area (Å²) in [5.74, 6) is -1.92. The maximum atomic E-state index is 12.0. The van der Waals surface area contributed by atoms with Crippen LogP contribution in [0.3, 0.4) is 0 Å². The molecule has 7 heteroatoms. The molecule has 1 rings (SSSR count). The van der Waals surface area contributed by atoms with E-state index in [1.165, 1.54) is 18.3 Å². The number of hydrogen-bond donors (Lipinski definition) is 3. The molecular weight excluding hydrogens is 292 g/mol. The van der Waals surface area contributed by atoms with Gasteiger partial charge in [0.15, 0.2) is 0 Å². The maximum Gasteiger partial charge on any atom is 0.326 e. The average molecular weight is 312 g/mol. The number of aliphatic carboxylic acids is 1. The molecule has 0 aromatic carbocycles. The predicted octanol–water partition coefficient (Wildman–Crippen LogP) is 1.54. The first-order valence-corrected chi connectivity index (χ1v) is 7.52. The SMILES string of the molecule is CC(=O)NC(CC(=O)N[C@@H](C(=O)O)C(C)C)c1cccs1. The molecule has 1 heterocycles. The summed E-state index contributed by atoms with van der Waals surface area (Å²) in [5, 5.41) is 16.1. The monoisotopic (exact) mass is 312 g/mol. The fraction of sp³-hybridized carbons (Fsp3) is 0.500. The number of rotatable bonds is 7. The van der Waals surface area contributed by atoms with Crippen LogP contribution in [0.1, 0.15) is 38.1 Å². The molecular formula is C14H20N2O4S. The number of hydrogen-bond acceptors (Lipinski definition) is 4. The molecule has 0 radical (unpaired) electrons. The van der Waals surface area contributed by atoms with Gasteiger partial charge in [-0.3, -0.25) is 9.59 Å². The van der Waals surface area contributed by atoms with Crippen molar-refractivity contribution in [3.63, 3.8) is 0 Å². The van der Waals surface area contributed by atoms with Crippen molar-refractivity contribution in [2.45, 2.75) is 39.3 Å². The zero-order valence-electron chi connectivity index (χ0n) is 12.3. The van der Waals surface area contributed by atoms with Crippen molar-refractivity contribution in [3.8, 4) is 0 Å². The van der Waals surface area contributed by atoms with Crippen LogP contribution in [-0.2, 0) is 14.4 Å². The van der Waals surface area contributed by atoms with E-state index < -0.39 is 24.0 Å². The molecule has 2 atom stereocenters. The van der Waals surface area contributed by atoms with Crippen molar-refractivity contribution in [1.82, 2.24) is 10.6 Å². The van der Waals surface area contributed by atoms with Crippen molar-refractivity contribution in [2.24, 2.45) is 5.92 Å². The van der Waals surface area contributed by atoms with E-state index in [9.17, 15) is 14.4 Å². The molecule has 21 heavy (non-hydrogen) atoms. The highest BCUT2D eigenvalue weighted by Crippen LogP contribution is 2.22. The lowest BCUT2D eigenvalue weighted by Crippen LogP contribution is -2.45. The van der Waals surface area contributed by atoms with Crippen LogP contribution in [0.2, 0.25) is 0 Å². The lowest BCUT2D eigenvalue weighted by Gasteiger charge is -2.20. The van der Waals surface area contributed by atoms with Crippen molar-refractivity contribution in [2.75, 3.05) is 0 Å². The second kappa shape index (κ2) is 7.78. The average Bonchev–Trinajstić information content (AvgIpc) is 2.87. The van der Waals surface area contributed by atoms with Crippen molar-refractivity contribution < 1.29 is 19.5 Å². The van der Waals surface area contributed by atoms with Gasteiger partial charge in [0.25, 0.3) is 0 Å². The van der Waals surface area contributed by atoms with Crippen LogP contribution in [0, 0.1) is 5.92 Å². The van der Waals surface area contributed by atoms with E-state index in [0.29, 0.717) is 0 Å². The van der Waals surface area contributed by atoms with Gasteiger partial charge in [-0.05, 0) is 17.4 Å². The molecule has 0 spiro atoms. The summed E-state index contributed by atoms with van der Waals surface area (Å²) in [4.78, 5) is 35.2. The molecule has 0 fully saturated rings. The normalized spacial score (nSPS) is 13.5. The topological polar surface area (TPSA) is 95.5 Å². The van der Waals surface area contributed by atoms with Crippen LogP contribution >= 0.6 is 11.3 Å². The number of thiophene rings is 1. The van der Waals surface area contributed by atoms with E-state index in [2.05, 4.69) is 10.6 Å². The quantitative estimate of drug-likeness (QED) is 0.711. The second-order valence-corrected chi connectivity index (χ2v) is 6.08. The van der Waals surface area contributed by atoms with Crippen molar-refractivity contribution >= 4 is 29.1 Å². The molecule has 0 bridgehead atoms. The molecule has 1 unspecified atom stereocenters. The fourth-order valence-corrected chi connectivity index (χ4v) is 2.67. The first-order valence-electron chi connectivity index (χ1n) is 6.64. The van der Waals surface area contributed by atoms with Gasteiger partial charge in [-0.25, -0.2) is 4.79 Å². The van der Waals surface area contributed by atoms with Crippen LogP contribution in [-0.4, -0.2) is 28.9 Å². The molecule has 0 aliphatic heterocycles. The van der Waals surface area contributed by atoms with E-state index in [1.54, 1.807) is 13.8 Å². The summed E-state index contributed by atoms with van der Waals surface area (Å²) in [5.41, 5.74) is 0. The summed E-state index contributed by atoms with van der Waals surface area (Å²) in [7, 11) is 0. The van der Waals surface area contributed by atoms with Crippen molar-refractivity contribution in [1.29, 1.82) is 0 Å². The summed E-state index contributed by atoms with van der Waals surface area (Å²) >= 11 is 1.44. The molecule has 0 saturated carbocycles. The zero-order chi connectivity index (χ0) is 16.0. The number of amides is 2. The minimum Gasteiger partial charge on any atom is -0.480 e. The van der Waals surface area contributed by atoms with Gasteiger partial charge in [0.05, 0.1) is 12.5 Å². The Morgan fingerprint density at radius 1 is 1.29 bits per heavy atom. The Morgan fingerprint density at radius 2 is 1.95 bits per heavy atom. The molecule has 3 N–H and O–H groups in total. The Bertz CT molecular complexity index is 499. The zero-order valence-corrected chi connectivity index (χ0v) is 13.1. The maximum absolute atomic E-state index is 12.0. The first-order chi connectivity index (χ1) is 9.81. The van der Waals surface area contributed by atoms with E-state index >= 15 is 0 Å². The van der Waals surface area contributed by atoms with Gasteiger partial charge in [-0.15, -0.1) is 11.3 Å². The van der Waals surface area contributed by atoms with E-state index in [-0.39, 0.29) is 18.2 Å². The van der Waals surface area contributed by atoms with Gasteiger partial charge >= 0.3 is 5.97 Å². The Hall–Kier alpha value is -1.89. The fourth-order valence-electron chi connectivity index (χ4n) is 1.89. The highest BCUT2D eigenvalue weighted by Gasteiger charge is 2.25. The van der Waals surface area contributed by atoms with E-state index in [0.717, 1.165) is 4.88 Å². The van der Waals surface area contributed by atoms with Crippen molar-refractivity contribution in [3.05, 3.63) is 22.4 Å². The number of carbonyl (C=O) groups excluding carboxylic acids is 2. The van der Waals surface area contributed by atoms with Gasteiger partial charge in [0.2, 0.25) is 11.8 Å². The summed E-state index contributed by atoms with van der Waals surface area (Å²) < 4.78 is 0. The number of carboxylic acid groups (broad SMARTS) is 1. The number of nitrogens with one attached hydrogen (secondary N) is 2. The van der Waals surface area contributed by atoms with E-state index in [1.807, 2.05) is 17.5 Å². The van der Waals surface area contributed by atoms with Gasteiger partial charge in [-0.1, -0.05) is 19.9 Å². The standard InChI is InChI=1S/C14H20N2O4S/c1-8(2)13(14(19)20)16-12(18)7-10(15-9(3)17)11-5-4-6-21-11/h4-6,8,10,13H,7H2,1-3H3,(H,15,17)(H,16,18)(H,19,20)/t10?,13-/m1/s1. The molecule has 2 amide bonds. The third kappa shape index (κ3) is 5.55. The summed E-state index contributed by atoms with van der Waals surface area (Å²) in [6.07, 6.45) is 0.0105. The van der Waals surface area contributed by atoms with Crippen LogP contribution < -0.4 is 10.6 Å². The molecule has 1 aromatic rings. The summed E-state index contributed by atoms with van der Waals surface area (Å²) in [6, 6.07) is 2.29. The summed E-state index contributed by atoms with van der Waals surface area (Å²) in [6.45, 7) is 4.83. The molecule has 0 aliphatic carbocycles. The van der Waals surface area contributed by atoms with Crippen LogP contribution in [0.4, 0.5) is 0 Å². The molecule has 0 aliphatic rings. The largest absolute Gasteiger partial charge is 0.480 e. The minimum absolute atomic E-state index is 0.0105. The minimum atomic E-state index is -1.06. The van der Waals surface area contributed by atoms with Crippen LogP contribution in [0.25, 0.3) is 0 Å². The van der Waals surface area contributed by atoms with Gasteiger partial charge in [-0.2, -0.15) is 0 Å². The second-order valence-electron chi connectivity index (χ2n) is 5.10. The lowest BCUT2D eigenvalue weighted by atomic mass is 10.0. The molecule has 6 nitrogen and oxygen atoms in total.